The van der Waals surface area contributed by atoms with Gasteiger partial charge in [0.1, 0.15) is 12.2 Å². The topological polar surface area (TPSA) is 95.4 Å². The van der Waals surface area contributed by atoms with E-state index in [4.69, 9.17) is 10.7 Å². The number of anilines is 1. The van der Waals surface area contributed by atoms with E-state index in [1.165, 1.54) is 6.33 Å². The Labute approximate surface area is 202 Å². The van der Waals surface area contributed by atoms with Crippen molar-refractivity contribution in [1.29, 1.82) is 0 Å². The van der Waals surface area contributed by atoms with Crippen molar-refractivity contribution in [3.8, 4) is 33.9 Å². The molecule has 4 aromatic heterocycles. The number of nitrogen functional groups attached to an aromatic ring is 1. The number of rotatable bonds is 5. The highest BCUT2D eigenvalue weighted by molar-refractivity contribution is 5.85. The Hall–Kier alpha value is -4.91. The first-order chi connectivity index (χ1) is 17.3. The van der Waals surface area contributed by atoms with Crippen LogP contribution in [-0.4, -0.2) is 29.5 Å². The molecule has 0 radical (unpaired) electrons. The van der Waals surface area contributed by atoms with Crippen LogP contribution in [0.25, 0.3) is 45.1 Å². The molecule has 7 nitrogen and oxygen atoms in total. The van der Waals surface area contributed by atoms with Crippen LogP contribution in [0.2, 0.25) is 0 Å². The van der Waals surface area contributed by atoms with Crippen LogP contribution in [0.3, 0.4) is 0 Å². The molecule has 0 unspecified atom stereocenters. The second kappa shape index (κ2) is 8.79. The SMILES string of the molecule is Nc1ncnc2c1nc(-c1ccc(-c3ccc(-c4ccccn4)nc3)cc1)n2Cc1ccccc1. The number of hydrogen-bond donors (Lipinski definition) is 1. The number of fused-ring (bicyclic) bond motifs is 1. The van der Waals surface area contributed by atoms with Crippen molar-refractivity contribution < 1.29 is 0 Å². The highest BCUT2D eigenvalue weighted by Crippen LogP contribution is 2.29. The van der Waals surface area contributed by atoms with Crippen molar-refractivity contribution in [2.24, 2.45) is 0 Å². The lowest BCUT2D eigenvalue weighted by Gasteiger charge is -2.10. The Balaban J connectivity index is 1.36. The highest BCUT2D eigenvalue weighted by Gasteiger charge is 2.17. The molecule has 0 saturated heterocycles. The minimum absolute atomic E-state index is 0.374. The average molecular weight is 456 g/mol. The maximum absolute atomic E-state index is 6.13. The van der Waals surface area contributed by atoms with Crippen molar-refractivity contribution in [2.45, 2.75) is 6.54 Å². The first-order valence-electron chi connectivity index (χ1n) is 11.3. The Kier molecular flexibility index (Phi) is 5.20. The third-order valence-corrected chi connectivity index (χ3v) is 5.91. The molecule has 6 aromatic rings. The Bertz CT molecular complexity index is 1590. The lowest BCUT2D eigenvalue weighted by molar-refractivity contribution is 0.823. The summed E-state index contributed by atoms with van der Waals surface area (Å²) in [6.07, 6.45) is 5.13. The van der Waals surface area contributed by atoms with E-state index < -0.39 is 0 Å². The van der Waals surface area contributed by atoms with Gasteiger partial charge in [0.25, 0.3) is 0 Å². The lowest BCUT2D eigenvalue weighted by Crippen LogP contribution is -2.03. The number of nitrogens with two attached hydrogens (primary N) is 1. The van der Waals surface area contributed by atoms with Crippen molar-refractivity contribution in [3.63, 3.8) is 0 Å². The minimum atomic E-state index is 0.374. The molecule has 4 heterocycles. The van der Waals surface area contributed by atoms with Crippen LogP contribution in [0, 0.1) is 0 Å². The third-order valence-electron chi connectivity index (χ3n) is 5.91. The van der Waals surface area contributed by atoms with Gasteiger partial charge in [0.2, 0.25) is 0 Å². The Morgan fingerprint density at radius 3 is 2.14 bits per heavy atom. The van der Waals surface area contributed by atoms with Gasteiger partial charge in [-0.2, -0.15) is 0 Å². The summed E-state index contributed by atoms with van der Waals surface area (Å²) in [6, 6.07) is 28.4. The van der Waals surface area contributed by atoms with Gasteiger partial charge in [-0.05, 0) is 29.3 Å². The van der Waals surface area contributed by atoms with Gasteiger partial charge in [-0.3, -0.25) is 9.97 Å². The minimum Gasteiger partial charge on any atom is -0.382 e. The molecule has 0 amide bonds. The van der Waals surface area contributed by atoms with Crippen LogP contribution in [0.15, 0.2) is 104 Å². The maximum atomic E-state index is 6.13. The summed E-state index contributed by atoms with van der Waals surface area (Å²) in [5.41, 5.74) is 13.4. The van der Waals surface area contributed by atoms with Crippen LogP contribution in [-0.2, 0) is 6.54 Å². The van der Waals surface area contributed by atoms with Gasteiger partial charge >= 0.3 is 0 Å². The van der Waals surface area contributed by atoms with Gasteiger partial charge in [-0.25, -0.2) is 15.0 Å². The van der Waals surface area contributed by atoms with Crippen molar-refractivity contribution in [3.05, 3.63) is 109 Å². The number of nitrogens with zero attached hydrogens (tertiary/aromatic N) is 6. The maximum Gasteiger partial charge on any atom is 0.166 e. The van der Waals surface area contributed by atoms with Crippen LogP contribution in [0.4, 0.5) is 5.82 Å². The largest absolute Gasteiger partial charge is 0.382 e. The summed E-state index contributed by atoms with van der Waals surface area (Å²) >= 11 is 0. The zero-order valence-corrected chi connectivity index (χ0v) is 18.8. The van der Waals surface area contributed by atoms with E-state index >= 15 is 0 Å². The van der Waals surface area contributed by atoms with E-state index in [2.05, 4.69) is 67.0 Å². The summed E-state index contributed by atoms with van der Waals surface area (Å²) in [5.74, 6) is 1.17. The lowest BCUT2D eigenvalue weighted by atomic mass is 10.0. The molecule has 0 fully saturated rings. The van der Waals surface area contributed by atoms with Gasteiger partial charge in [0.15, 0.2) is 17.0 Å². The zero-order valence-electron chi connectivity index (χ0n) is 18.8. The molecule has 0 atom stereocenters. The smallest absolute Gasteiger partial charge is 0.166 e. The molecule has 6 rings (SSSR count). The monoisotopic (exact) mass is 455 g/mol. The number of aromatic nitrogens is 6. The van der Waals surface area contributed by atoms with Crippen molar-refractivity contribution in [2.75, 3.05) is 5.73 Å². The number of benzene rings is 2. The molecule has 7 heteroatoms. The molecule has 0 spiro atoms. The fraction of sp³-hybridized carbons (Fsp3) is 0.0357. The van der Waals surface area contributed by atoms with Crippen molar-refractivity contribution in [1.82, 2.24) is 29.5 Å². The van der Waals surface area contributed by atoms with Gasteiger partial charge in [-0.1, -0.05) is 66.7 Å². The van der Waals surface area contributed by atoms with Crippen LogP contribution in [0.1, 0.15) is 5.56 Å². The predicted octanol–water partition coefficient (Wildman–Crippen LogP) is 5.25. The van der Waals surface area contributed by atoms with E-state index in [1.807, 2.05) is 48.7 Å². The Morgan fingerprint density at radius 1 is 0.657 bits per heavy atom. The van der Waals surface area contributed by atoms with E-state index in [0.29, 0.717) is 17.9 Å². The van der Waals surface area contributed by atoms with E-state index in [9.17, 15) is 0 Å². The number of imidazole rings is 1. The fourth-order valence-corrected chi connectivity index (χ4v) is 4.13. The molecule has 0 aliphatic rings. The molecule has 35 heavy (non-hydrogen) atoms. The highest BCUT2D eigenvalue weighted by atomic mass is 15.2. The molecule has 2 aromatic carbocycles. The first kappa shape index (κ1) is 20.7. The second-order valence-corrected chi connectivity index (χ2v) is 8.16. The second-order valence-electron chi connectivity index (χ2n) is 8.16. The molecule has 0 saturated carbocycles. The summed E-state index contributed by atoms with van der Waals surface area (Å²) in [5, 5.41) is 0. The number of hydrogen-bond acceptors (Lipinski definition) is 6. The van der Waals surface area contributed by atoms with Gasteiger partial charge in [0, 0.05) is 23.5 Å². The summed E-state index contributed by atoms with van der Waals surface area (Å²) in [6.45, 7) is 0.629. The standard InChI is InChI=1S/C28H21N7/c29-26-25-28(33-18-32-26)35(17-19-6-2-1-3-7-19)27(34-25)21-11-9-20(10-12-21)22-13-14-24(31-16-22)23-8-4-5-15-30-23/h1-16,18H,17H2,(H2,29,32,33). The van der Waals surface area contributed by atoms with Gasteiger partial charge in [0.05, 0.1) is 17.9 Å². The average Bonchev–Trinajstić information content (AvgIpc) is 3.29. The summed E-state index contributed by atoms with van der Waals surface area (Å²) < 4.78 is 2.08. The molecular weight excluding hydrogens is 434 g/mol. The molecule has 0 aliphatic heterocycles. The van der Waals surface area contributed by atoms with E-state index in [-0.39, 0.29) is 0 Å². The summed E-state index contributed by atoms with van der Waals surface area (Å²) in [4.78, 5) is 22.4. The van der Waals surface area contributed by atoms with Crippen LogP contribution in [0.5, 0.6) is 0 Å². The first-order valence-corrected chi connectivity index (χ1v) is 11.3. The Morgan fingerprint density at radius 2 is 1.40 bits per heavy atom. The molecule has 2 N–H and O–H groups in total. The van der Waals surface area contributed by atoms with Gasteiger partial charge in [-0.15, -0.1) is 0 Å². The summed E-state index contributed by atoms with van der Waals surface area (Å²) in [7, 11) is 0. The normalized spacial score (nSPS) is 11.1. The number of pyridine rings is 2. The van der Waals surface area contributed by atoms with Crippen LogP contribution < -0.4 is 5.73 Å². The molecule has 168 valence electrons. The zero-order chi connectivity index (χ0) is 23.6. The third kappa shape index (κ3) is 4.00. The van der Waals surface area contributed by atoms with E-state index in [0.717, 1.165) is 45.1 Å². The molecule has 0 bridgehead atoms. The fourth-order valence-electron chi connectivity index (χ4n) is 4.13. The van der Waals surface area contributed by atoms with E-state index in [1.54, 1.807) is 6.20 Å². The van der Waals surface area contributed by atoms with Gasteiger partial charge < -0.3 is 10.3 Å². The quantitative estimate of drug-likeness (QED) is 0.382. The predicted molar refractivity (Wildman–Crippen MR) is 137 cm³/mol. The molecule has 0 aliphatic carbocycles. The van der Waals surface area contributed by atoms with Crippen LogP contribution >= 0.6 is 0 Å². The molecular formula is C28H21N7. The van der Waals surface area contributed by atoms with Crippen molar-refractivity contribution >= 4 is 17.0 Å².